The molecule has 138 valence electrons. The first-order valence-electron chi connectivity index (χ1n) is 8.59. The lowest BCUT2D eigenvalue weighted by molar-refractivity contribution is 0.00923. The van der Waals surface area contributed by atoms with Crippen molar-refractivity contribution < 1.29 is 14.2 Å². The van der Waals surface area contributed by atoms with Crippen molar-refractivity contribution in [2.24, 2.45) is 5.73 Å². The summed E-state index contributed by atoms with van der Waals surface area (Å²) in [6.07, 6.45) is 3.43. The fraction of sp³-hybridized carbons (Fsp3) is 0.667. The van der Waals surface area contributed by atoms with Crippen LogP contribution < -0.4 is 15.2 Å². The van der Waals surface area contributed by atoms with E-state index in [0.29, 0.717) is 25.3 Å². The summed E-state index contributed by atoms with van der Waals surface area (Å²) in [5.41, 5.74) is 5.90. The van der Waals surface area contributed by atoms with Gasteiger partial charge in [-0.2, -0.15) is 0 Å². The monoisotopic (exact) mass is 358 g/mol. The summed E-state index contributed by atoms with van der Waals surface area (Å²) in [5.74, 6) is 1.77. The Morgan fingerprint density at radius 1 is 1.12 bits per heavy atom. The first-order chi connectivity index (χ1) is 11.3. The van der Waals surface area contributed by atoms with Gasteiger partial charge in [-0.1, -0.05) is 6.92 Å². The lowest BCUT2D eigenvalue weighted by atomic mass is 9.99. The Kier molecular flexibility index (Phi) is 10.1. The average molecular weight is 359 g/mol. The zero-order valence-corrected chi connectivity index (χ0v) is 15.6. The molecule has 5 nitrogen and oxygen atoms in total. The molecule has 0 aliphatic carbocycles. The Hall–Kier alpha value is -1.01. The predicted molar refractivity (Wildman–Crippen MR) is 99.4 cm³/mol. The average Bonchev–Trinajstić information content (AvgIpc) is 2.61. The molecule has 2 rings (SSSR count). The van der Waals surface area contributed by atoms with Gasteiger partial charge in [-0.3, -0.25) is 4.90 Å². The molecule has 1 aromatic rings. The third-order valence-electron chi connectivity index (χ3n) is 4.34. The van der Waals surface area contributed by atoms with Gasteiger partial charge in [-0.05, 0) is 43.5 Å². The van der Waals surface area contributed by atoms with E-state index in [1.807, 2.05) is 24.3 Å². The van der Waals surface area contributed by atoms with Crippen molar-refractivity contribution in [2.45, 2.75) is 38.3 Å². The molecule has 0 bridgehead atoms. The third kappa shape index (κ3) is 6.48. The number of ether oxygens (including phenoxy) is 3. The Balaban J connectivity index is 0.00000288. The summed E-state index contributed by atoms with van der Waals surface area (Å²) in [7, 11) is 1.78. The number of nitrogens with two attached hydrogens (primary N) is 1. The number of methoxy groups -OCH3 is 1. The molecule has 1 heterocycles. The van der Waals surface area contributed by atoms with Crippen LogP contribution >= 0.6 is 12.4 Å². The minimum Gasteiger partial charge on any atom is -0.494 e. The molecule has 1 fully saturated rings. The Bertz CT molecular complexity index is 444. The molecule has 1 aromatic carbocycles. The van der Waals surface area contributed by atoms with Crippen LogP contribution in [0.2, 0.25) is 0 Å². The van der Waals surface area contributed by atoms with Gasteiger partial charge in [0.15, 0.2) is 0 Å². The molecule has 1 aliphatic heterocycles. The first-order valence-corrected chi connectivity index (χ1v) is 8.59. The van der Waals surface area contributed by atoms with Crippen molar-refractivity contribution in [3.8, 4) is 11.5 Å². The molecule has 2 atom stereocenters. The van der Waals surface area contributed by atoms with Crippen LogP contribution in [0, 0.1) is 0 Å². The van der Waals surface area contributed by atoms with E-state index in [9.17, 15) is 0 Å². The van der Waals surface area contributed by atoms with Crippen molar-refractivity contribution in [1.82, 2.24) is 4.90 Å². The number of nitrogens with zero attached hydrogens (tertiary/aromatic N) is 1. The Labute approximate surface area is 151 Å². The number of likely N-dealkylation sites (tertiary alicyclic amines) is 1. The summed E-state index contributed by atoms with van der Waals surface area (Å²) in [4.78, 5) is 2.41. The van der Waals surface area contributed by atoms with Gasteiger partial charge in [0, 0.05) is 32.8 Å². The van der Waals surface area contributed by atoms with Gasteiger partial charge < -0.3 is 19.9 Å². The second kappa shape index (κ2) is 11.5. The van der Waals surface area contributed by atoms with E-state index in [0.717, 1.165) is 50.5 Å². The summed E-state index contributed by atoms with van der Waals surface area (Å²) in [6, 6.07) is 8.22. The molecule has 2 N–H and O–H groups in total. The normalized spacial score (nSPS) is 21.1. The Morgan fingerprint density at radius 3 is 2.29 bits per heavy atom. The van der Waals surface area contributed by atoms with Gasteiger partial charge in [0.25, 0.3) is 0 Å². The minimum absolute atomic E-state index is 0. The van der Waals surface area contributed by atoms with Crippen LogP contribution in [0.1, 0.15) is 26.2 Å². The number of benzene rings is 1. The van der Waals surface area contributed by atoms with Crippen LogP contribution in [0.5, 0.6) is 11.5 Å². The predicted octanol–water partition coefficient (Wildman–Crippen LogP) is 2.71. The highest BCUT2D eigenvalue weighted by molar-refractivity contribution is 5.85. The maximum absolute atomic E-state index is 5.90. The van der Waals surface area contributed by atoms with Crippen molar-refractivity contribution in [3.05, 3.63) is 24.3 Å². The van der Waals surface area contributed by atoms with E-state index in [-0.39, 0.29) is 12.4 Å². The van der Waals surface area contributed by atoms with E-state index < -0.39 is 0 Å². The van der Waals surface area contributed by atoms with E-state index in [1.165, 1.54) is 0 Å². The first kappa shape index (κ1) is 21.0. The molecule has 0 spiro atoms. The quantitative estimate of drug-likeness (QED) is 0.735. The van der Waals surface area contributed by atoms with Crippen LogP contribution in [-0.2, 0) is 4.74 Å². The van der Waals surface area contributed by atoms with Crippen LogP contribution in [-0.4, -0.2) is 57.0 Å². The van der Waals surface area contributed by atoms with Gasteiger partial charge in [0.1, 0.15) is 18.1 Å². The molecule has 1 saturated heterocycles. The van der Waals surface area contributed by atoms with Crippen LogP contribution in [0.15, 0.2) is 24.3 Å². The van der Waals surface area contributed by atoms with E-state index in [1.54, 1.807) is 7.11 Å². The smallest absolute Gasteiger partial charge is 0.119 e. The molecule has 0 saturated carbocycles. The van der Waals surface area contributed by atoms with Crippen molar-refractivity contribution >= 4 is 12.4 Å². The SMILES string of the molecule is CCCOc1ccc(OCCN2CCC(OC)CC2CN)cc1.Cl. The maximum Gasteiger partial charge on any atom is 0.119 e. The summed E-state index contributed by atoms with van der Waals surface area (Å²) in [5, 5.41) is 0. The van der Waals surface area contributed by atoms with Gasteiger partial charge in [-0.25, -0.2) is 0 Å². The lowest BCUT2D eigenvalue weighted by Gasteiger charge is -2.38. The summed E-state index contributed by atoms with van der Waals surface area (Å²) in [6.45, 7) is 6.10. The van der Waals surface area contributed by atoms with E-state index in [2.05, 4.69) is 11.8 Å². The molecular weight excluding hydrogens is 328 g/mol. The summed E-state index contributed by atoms with van der Waals surface area (Å²) >= 11 is 0. The second-order valence-corrected chi connectivity index (χ2v) is 5.98. The van der Waals surface area contributed by atoms with Crippen LogP contribution in [0.25, 0.3) is 0 Å². The zero-order chi connectivity index (χ0) is 16.5. The number of hydrogen-bond acceptors (Lipinski definition) is 5. The molecule has 6 heteroatoms. The highest BCUT2D eigenvalue weighted by Gasteiger charge is 2.27. The molecule has 1 aliphatic rings. The topological polar surface area (TPSA) is 57.0 Å². The molecule has 0 aromatic heterocycles. The van der Waals surface area contributed by atoms with Crippen molar-refractivity contribution in [3.63, 3.8) is 0 Å². The summed E-state index contributed by atoms with van der Waals surface area (Å²) < 4.78 is 16.9. The minimum atomic E-state index is 0. The molecular formula is C18H31ClN2O3. The van der Waals surface area contributed by atoms with Gasteiger partial charge in [-0.15, -0.1) is 12.4 Å². The highest BCUT2D eigenvalue weighted by Crippen LogP contribution is 2.20. The number of halogens is 1. The van der Waals surface area contributed by atoms with Crippen molar-refractivity contribution in [2.75, 3.05) is 40.0 Å². The van der Waals surface area contributed by atoms with Gasteiger partial charge >= 0.3 is 0 Å². The maximum atomic E-state index is 5.90. The highest BCUT2D eigenvalue weighted by atomic mass is 35.5. The third-order valence-corrected chi connectivity index (χ3v) is 4.34. The number of rotatable bonds is 9. The molecule has 0 radical (unpaired) electrons. The number of piperidine rings is 1. The largest absolute Gasteiger partial charge is 0.494 e. The van der Waals surface area contributed by atoms with Gasteiger partial charge in [0.05, 0.1) is 12.7 Å². The van der Waals surface area contributed by atoms with Crippen LogP contribution in [0.3, 0.4) is 0 Å². The van der Waals surface area contributed by atoms with Gasteiger partial charge in [0.2, 0.25) is 0 Å². The lowest BCUT2D eigenvalue weighted by Crippen LogP contribution is -2.49. The molecule has 0 amide bonds. The second-order valence-electron chi connectivity index (χ2n) is 5.98. The fourth-order valence-corrected chi connectivity index (χ4v) is 2.95. The number of hydrogen-bond donors (Lipinski definition) is 1. The Morgan fingerprint density at radius 2 is 1.75 bits per heavy atom. The van der Waals surface area contributed by atoms with Crippen LogP contribution in [0.4, 0.5) is 0 Å². The fourth-order valence-electron chi connectivity index (χ4n) is 2.95. The molecule has 24 heavy (non-hydrogen) atoms. The molecule has 2 unspecified atom stereocenters. The van der Waals surface area contributed by atoms with E-state index >= 15 is 0 Å². The zero-order valence-electron chi connectivity index (χ0n) is 14.8. The van der Waals surface area contributed by atoms with E-state index in [4.69, 9.17) is 19.9 Å². The van der Waals surface area contributed by atoms with Crippen molar-refractivity contribution in [1.29, 1.82) is 0 Å². The standard InChI is InChI=1S/C18H30N2O3.ClH/c1-3-11-22-16-4-6-17(7-5-16)23-12-10-20-9-8-18(21-2)13-15(20)14-19;/h4-7,15,18H,3,8-14,19H2,1-2H3;1H.